The van der Waals surface area contributed by atoms with E-state index in [2.05, 4.69) is 215 Å². The Bertz CT molecular complexity index is 3500. The highest BCUT2D eigenvalue weighted by Gasteiger charge is 2.20. The van der Waals surface area contributed by atoms with Gasteiger partial charge in [-0.25, -0.2) is 0 Å². The summed E-state index contributed by atoms with van der Waals surface area (Å²) in [5.41, 5.74) is 15.9. The summed E-state index contributed by atoms with van der Waals surface area (Å²) in [6.45, 7) is 0. The zero-order valence-electron chi connectivity index (χ0n) is 30.9. The van der Waals surface area contributed by atoms with Crippen LogP contribution in [0.1, 0.15) is 0 Å². The van der Waals surface area contributed by atoms with E-state index in [0.29, 0.717) is 0 Å². The second-order valence-electron chi connectivity index (χ2n) is 14.9. The van der Waals surface area contributed by atoms with Crippen molar-refractivity contribution in [3.05, 3.63) is 206 Å². The lowest BCUT2D eigenvalue weighted by Gasteiger charge is -2.10. The van der Waals surface area contributed by atoms with Crippen molar-refractivity contribution in [2.24, 2.45) is 0 Å². The summed E-state index contributed by atoms with van der Waals surface area (Å²) in [5, 5.41) is 7.13. The van der Waals surface area contributed by atoms with E-state index < -0.39 is 0 Å². The van der Waals surface area contributed by atoms with Gasteiger partial charge in [0.2, 0.25) is 0 Å². The molecule has 0 atom stereocenters. The van der Waals surface area contributed by atoms with Crippen molar-refractivity contribution >= 4 is 65.6 Å². The first-order valence-electron chi connectivity index (χ1n) is 19.5. The van der Waals surface area contributed by atoms with Crippen LogP contribution in [0.15, 0.2) is 211 Å². The van der Waals surface area contributed by atoms with Gasteiger partial charge >= 0.3 is 0 Å². The highest BCUT2D eigenvalue weighted by atomic mass is 16.3. The van der Waals surface area contributed by atoms with E-state index in [-0.39, 0.29) is 0 Å². The van der Waals surface area contributed by atoms with Crippen LogP contribution >= 0.6 is 0 Å². The maximum Gasteiger partial charge on any atom is 0.135 e. The molecule has 57 heavy (non-hydrogen) atoms. The topological polar surface area (TPSA) is 23.0 Å². The standard InChI is InChI=1S/C54H34N2O/c1-4-13-35(14-5-1)38-23-27-49-44(31-38)43-19-10-11-21-48(43)55(49)40-25-29-52-45(33-40)46-34-41(26-30-53(46)57-52)56-50-28-24-39(36-15-6-2-7-16-36)32-47(50)54-42(20-12-22-51(54)56)37-17-8-3-9-18-37/h1-34H. The van der Waals surface area contributed by atoms with Crippen molar-refractivity contribution in [1.29, 1.82) is 0 Å². The van der Waals surface area contributed by atoms with Crippen LogP contribution in [0.25, 0.3) is 110 Å². The van der Waals surface area contributed by atoms with E-state index in [9.17, 15) is 0 Å². The zero-order chi connectivity index (χ0) is 37.5. The Morgan fingerprint density at radius 1 is 0.281 bits per heavy atom. The predicted molar refractivity (Wildman–Crippen MR) is 239 cm³/mol. The van der Waals surface area contributed by atoms with E-state index >= 15 is 0 Å². The van der Waals surface area contributed by atoms with E-state index in [1.807, 2.05) is 0 Å². The molecule has 9 aromatic carbocycles. The maximum atomic E-state index is 6.53. The SMILES string of the molecule is c1ccc(-c2ccc3c(c2)c2ccccc2n3-c2ccc3oc4ccc(-n5c6ccc(-c7ccccc7)cc6c6c(-c7ccccc7)cccc65)cc4c3c2)cc1. The zero-order valence-corrected chi connectivity index (χ0v) is 30.9. The molecule has 12 rings (SSSR count). The molecule has 0 fully saturated rings. The van der Waals surface area contributed by atoms with Crippen molar-refractivity contribution in [2.45, 2.75) is 0 Å². The minimum absolute atomic E-state index is 0.873. The summed E-state index contributed by atoms with van der Waals surface area (Å²) in [5.74, 6) is 0. The summed E-state index contributed by atoms with van der Waals surface area (Å²) in [6.07, 6.45) is 0. The van der Waals surface area contributed by atoms with Crippen molar-refractivity contribution in [2.75, 3.05) is 0 Å². The Labute approximate surface area is 328 Å². The van der Waals surface area contributed by atoms with Crippen LogP contribution in [0.3, 0.4) is 0 Å². The third-order valence-electron chi connectivity index (χ3n) is 11.7. The smallest absolute Gasteiger partial charge is 0.135 e. The molecule has 0 aliphatic rings. The molecule has 0 aliphatic heterocycles. The second kappa shape index (κ2) is 12.5. The van der Waals surface area contributed by atoms with Gasteiger partial charge in [0.25, 0.3) is 0 Å². The molecule has 3 nitrogen and oxygen atoms in total. The first-order valence-corrected chi connectivity index (χ1v) is 19.5. The van der Waals surface area contributed by atoms with E-state index in [0.717, 1.165) is 33.3 Å². The second-order valence-corrected chi connectivity index (χ2v) is 14.9. The first kappa shape index (κ1) is 31.7. The Kier molecular flexibility index (Phi) is 6.93. The number of para-hydroxylation sites is 1. The Morgan fingerprint density at radius 2 is 0.772 bits per heavy atom. The minimum Gasteiger partial charge on any atom is -0.456 e. The summed E-state index contributed by atoms with van der Waals surface area (Å²) in [7, 11) is 0. The monoisotopic (exact) mass is 726 g/mol. The number of furan rings is 1. The van der Waals surface area contributed by atoms with Crippen molar-refractivity contribution in [3.63, 3.8) is 0 Å². The van der Waals surface area contributed by atoms with Crippen LogP contribution in [0.4, 0.5) is 0 Å². The van der Waals surface area contributed by atoms with Gasteiger partial charge in [-0.1, -0.05) is 133 Å². The van der Waals surface area contributed by atoms with Gasteiger partial charge in [-0.3, -0.25) is 0 Å². The van der Waals surface area contributed by atoms with E-state index in [1.165, 1.54) is 77.0 Å². The van der Waals surface area contributed by atoms with Gasteiger partial charge in [-0.15, -0.1) is 0 Å². The van der Waals surface area contributed by atoms with E-state index in [4.69, 9.17) is 4.42 Å². The predicted octanol–water partition coefficient (Wildman–Crippen LogP) is 14.8. The lowest BCUT2D eigenvalue weighted by atomic mass is 9.97. The van der Waals surface area contributed by atoms with Gasteiger partial charge in [0.15, 0.2) is 0 Å². The number of hydrogen-bond donors (Lipinski definition) is 0. The summed E-state index contributed by atoms with van der Waals surface area (Å²) in [6, 6.07) is 74.4. The summed E-state index contributed by atoms with van der Waals surface area (Å²) >= 11 is 0. The van der Waals surface area contributed by atoms with Crippen LogP contribution in [0.2, 0.25) is 0 Å². The molecule has 0 bridgehead atoms. The molecular formula is C54H34N2O. The molecule has 0 amide bonds. The molecule has 3 heteroatoms. The van der Waals surface area contributed by atoms with Crippen molar-refractivity contribution < 1.29 is 4.42 Å². The largest absolute Gasteiger partial charge is 0.456 e. The molecule has 0 N–H and O–H groups in total. The normalized spacial score (nSPS) is 11.9. The molecule has 0 radical (unpaired) electrons. The highest BCUT2D eigenvalue weighted by molar-refractivity contribution is 6.17. The molecule has 0 saturated heterocycles. The van der Waals surface area contributed by atoms with Crippen LogP contribution in [-0.4, -0.2) is 9.13 Å². The minimum atomic E-state index is 0.873. The Morgan fingerprint density at radius 3 is 1.40 bits per heavy atom. The molecule has 266 valence electrons. The quantitative estimate of drug-likeness (QED) is 0.173. The molecule has 0 saturated carbocycles. The van der Waals surface area contributed by atoms with Gasteiger partial charge in [-0.2, -0.15) is 0 Å². The van der Waals surface area contributed by atoms with Gasteiger partial charge < -0.3 is 13.6 Å². The van der Waals surface area contributed by atoms with Gasteiger partial charge in [0.1, 0.15) is 11.2 Å². The Hall–Kier alpha value is -7.62. The number of fused-ring (bicyclic) bond motifs is 9. The molecule has 0 spiro atoms. The number of aromatic nitrogens is 2. The van der Waals surface area contributed by atoms with Crippen molar-refractivity contribution in [1.82, 2.24) is 9.13 Å². The summed E-state index contributed by atoms with van der Waals surface area (Å²) < 4.78 is 11.3. The molecule has 0 aliphatic carbocycles. The number of nitrogens with zero attached hydrogens (tertiary/aromatic N) is 2. The molecule has 3 heterocycles. The fourth-order valence-electron chi connectivity index (χ4n) is 9.11. The third kappa shape index (κ3) is 4.92. The molecule has 0 unspecified atom stereocenters. The van der Waals surface area contributed by atoms with Crippen LogP contribution in [0, 0.1) is 0 Å². The van der Waals surface area contributed by atoms with Gasteiger partial charge in [0.05, 0.1) is 22.1 Å². The average molecular weight is 727 g/mol. The van der Waals surface area contributed by atoms with Crippen LogP contribution in [0.5, 0.6) is 0 Å². The highest BCUT2D eigenvalue weighted by Crippen LogP contribution is 2.42. The van der Waals surface area contributed by atoms with E-state index in [1.54, 1.807) is 0 Å². The fourth-order valence-corrected chi connectivity index (χ4v) is 9.11. The van der Waals surface area contributed by atoms with Crippen LogP contribution in [-0.2, 0) is 0 Å². The third-order valence-corrected chi connectivity index (χ3v) is 11.7. The number of benzene rings is 9. The summed E-state index contributed by atoms with van der Waals surface area (Å²) in [4.78, 5) is 0. The van der Waals surface area contributed by atoms with Gasteiger partial charge in [-0.05, 0) is 106 Å². The molecule has 12 aromatic rings. The van der Waals surface area contributed by atoms with Crippen LogP contribution < -0.4 is 0 Å². The Balaban J connectivity index is 1.07. The van der Waals surface area contributed by atoms with Crippen molar-refractivity contribution in [3.8, 4) is 44.8 Å². The number of hydrogen-bond acceptors (Lipinski definition) is 1. The fraction of sp³-hybridized carbons (Fsp3) is 0. The average Bonchev–Trinajstić information content (AvgIpc) is 3.94. The lowest BCUT2D eigenvalue weighted by molar-refractivity contribution is 0.669. The number of rotatable bonds is 5. The maximum absolute atomic E-state index is 6.53. The molecule has 3 aromatic heterocycles. The lowest BCUT2D eigenvalue weighted by Crippen LogP contribution is -1.94. The first-order chi connectivity index (χ1) is 28.3. The van der Waals surface area contributed by atoms with Gasteiger partial charge in [0, 0.05) is 43.7 Å². The molecular weight excluding hydrogens is 693 g/mol.